The number of carbonyl (C=O) groups excluding carboxylic acids is 1. The van der Waals surface area contributed by atoms with E-state index in [1.54, 1.807) is 0 Å². The summed E-state index contributed by atoms with van der Waals surface area (Å²) in [5.74, 6) is -1.50. The van der Waals surface area contributed by atoms with Crippen molar-refractivity contribution in [2.45, 2.75) is 25.4 Å². The van der Waals surface area contributed by atoms with E-state index in [9.17, 15) is 22.8 Å². The van der Waals surface area contributed by atoms with Crippen LogP contribution in [0.15, 0.2) is 54.6 Å². The second kappa shape index (κ2) is 9.21. The standard InChI is InChI=1S/C20H20F3NO3/c21-20(22,23)17-8-4-7-16(13-17)11-12-24(14-19(26)27)18(25)10-9-15-5-2-1-3-6-15/h1-8,13H,9-12,14H2,(H,26,27). The van der Waals surface area contributed by atoms with Crippen molar-refractivity contribution in [3.63, 3.8) is 0 Å². The van der Waals surface area contributed by atoms with E-state index in [-0.39, 0.29) is 25.3 Å². The van der Waals surface area contributed by atoms with Crippen LogP contribution in [0.25, 0.3) is 0 Å². The fraction of sp³-hybridized carbons (Fsp3) is 0.300. The summed E-state index contributed by atoms with van der Waals surface area (Å²) in [5.41, 5.74) is 0.593. The van der Waals surface area contributed by atoms with Crippen molar-refractivity contribution in [3.05, 3.63) is 71.3 Å². The average molecular weight is 379 g/mol. The van der Waals surface area contributed by atoms with Gasteiger partial charge in [0.15, 0.2) is 0 Å². The first-order valence-electron chi connectivity index (χ1n) is 8.45. The van der Waals surface area contributed by atoms with Gasteiger partial charge in [-0.05, 0) is 30.0 Å². The maximum Gasteiger partial charge on any atom is 0.416 e. The van der Waals surface area contributed by atoms with Crippen molar-refractivity contribution in [1.82, 2.24) is 4.90 Å². The Hall–Kier alpha value is -2.83. The molecule has 0 heterocycles. The van der Waals surface area contributed by atoms with Gasteiger partial charge in [-0.15, -0.1) is 0 Å². The van der Waals surface area contributed by atoms with E-state index in [4.69, 9.17) is 5.11 Å². The summed E-state index contributed by atoms with van der Waals surface area (Å²) in [6.45, 7) is -0.437. The van der Waals surface area contributed by atoms with E-state index in [0.29, 0.717) is 12.0 Å². The zero-order valence-corrected chi connectivity index (χ0v) is 14.6. The zero-order valence-electron chi connectivity index (χ0n) is 14.6. The molecule has 2 aromatic carbocycles. The van der Waals surface area contributed by atoms with E-state index >= 15 is 0 Å². The number of aliphatic carboxylic acids is 1. The molecule has 0 aromatic heterocycles. The number of aryl methyl sites for hydroxylation is 1. The van der Waals surface area contributed by atoms with Crippen molar-refractivity contribution in [2.75, 3.05) is 13.1 Å². The number of amides is 1. The zero-order chi connectivity index (χ0) is 19.9. The molecule has 1 N–H and O–H groups in total. The number of hydrogen-bond acceptors (Lipinski definition) is 2. The number of rotatable bonds is 8. The summed E-state index contributed by atoms with van der Waals surface area (Å²) in [4.78, 5) is 24.6. The fourth-order valence-corrected chi connectivity index (χ4v) is 2.68. The van der Waals surface area contributed by atoms with Gasteiger partial charge in [0.1, 0.15) is 6.54 Å². The van der Waals surface area contributed by atoms with E-state index in [1.807, 2.05) is 30.3 Å². The second-order valence-electron chi connectivity index (χ2n) is 6.14. The molecule has 7 heteroatoms. The smallest absolute Gasteiger partial charge is 0.416 e. The third-order valence-electron chi connectivity index (χ3n) is 4.07. The predicted octanol–water partition coefficient (Wildman–Crippen LogP) is 3.79. The highest BCUT2D eigenvalue weighted by molar-refractivity contribution is 5.81. The minimum atomic E-state index is -4.44. The highest BCUT2D eigenvalue weighted by atomic mass is 19.4. The number of benzene rings is 2. The number of hydrogen-bond donors (Lipinski definition) is 1. The number of nitrogens with zero attached hydrogens (tertiary/aromatic N) is 1. The third kappa shape index (κ3) is 6.77. The van der Waals surface area contributed by atoms with Gasteiger partial charge in [-0.3, -0.25) is 9.59 Å². The minimum Gasteiger partial charge on any atom is -0.480 e. The van der Waals surface area contributed by atoms with Crippen LogP contribution >= 0.6 is 0 Å². The molecular formula is C20H20F3NO3. The van der Waals surface area contributed by atoms with Crippen molar-refractivity contribution in [3.8, 4) is 0 Å². The Labute approximate surface area is 155 Å². The average Bonchev–Trinajstić information content (AvgIpc) is 2.63. The summed E-state index contributed by atoms with van der Waals surface area (Å²) in [6, 6.07) is 14.1. The second-order valence-corrected chi connectivity index (χ2v) is 6.14. The van der Waals surface area contributed by atoms with Crippen LogP contribution in [0.5, 0.6) is 0 Å². The monoisotopic (exact) mass is 379 g/mol. The third-order valence-corrected chi connectivity index (χ3v) is 4.07. The molecule has 0 bridgehead atoms. The molecule has 0 atom stereocenters. The minimum absolute atomic E-state index is 0.0429. The lowest BCUT2D eigenvalue weighted by molar-refractivity contribution is -0.144. The van der Waals surface area contributed by atoms with E-state index in [2.05, 4.69) is 0 Å². The Morgan fingerprint density at radius 1 is 0.926 bits per heavy atom. The lowest BCUT2D eigenvalue weighted by atomic mass is 10.1. The molecule has 0 radical (unpaired) electrons. The maximum atomic E-state index is 12.8. The van der Waals surface area contributed by atoms with Crippen LogP contribution in [0.3, 0.4) is 0 Å². The van der Waals surface area contributed by atoms with Gasteiger partial charge in [0.2, 0.25) is 5.91 Å². The molecule has 0 aliphatic rings. The Morgan fingerprint density at radius 2 is 1.59 bits per heavy atom. The van der Waals surface area contributed by atoms with Gasteiger partial charge in [0.25, 0.3) is 0 Å². The lowest BCUT2D eigenvalue weighted by Crippen LogP contribution is -2.37. The van der Waals surface area contributed by atoms with Crippen LogP contribution in [0, 0.1) is 0 Å². The molecule has 0 spiro atoms. The van der Waals surface area contributed by atoms with Crippen LogP contribution < -0.4 is 0 Å². The van der Waals surface area contributed by atoms with Crippen molar-refractivity contribution >= 4 is 11.9 Å². The predicted molar refractivity (Wildman–Crippen MR) is 94.1 cm³/mol. The largest absolute Gasteiger partial charge is 0.480 e. The normalized spacial score (nSPS) is 11.2. The Balaban J connectivity index is 1.99. The molecular weight excluding hydrogens is 359 g/mol. The molecule has 0 aliphatic heterocycles. The van der Waals surface area contributed by atoms with Gasteiger partial charge in [0.05, 0.1) is 5.56 Å². The van der Waals surface area contributed by atoms with Crippen LogP contribution in [-0.4, -0.2) is 35.0 Å². The van der Waals surface area contributed by atoms with Gasteiger partial charge in [0, 0.05) is 13.0 Å². The SMILES string of the molecule is O=C(O)CN(CCc1cccc(C(F)(F)F)c1)C(=O)CCc1ccccc1. The molecule has 144 valence electrons. The van der Waals surface area contributed by atoms with Crippen molar-refractivity contribution < 1.29 is 27.9 Å². The number of carboxylic acid groups (broad SMARTS) is 1. The Kier molecular flexibility index (Phi) is 6.98. The fourth-order valence-electron chi connectivity index (χ4n) is 2.68. The molecule has 0 unspecified atom stereocenters. The van der Waals surface area contributed by atoms with Crippen molar-refractivity contribution in [2.24, 2.45) is 0 Å². The quantitative estimate of drug-likeness (QED) is 0.759. The van der Waals surface area contributed by atoms with Crippen LogP contribution in [0.2, 0.25) is 0 Å². The molecule has 0 aliphatic carbocycles. The highest BCUT2D eigenvalue weighted by Gasteiger charge is 2.30. The van der Waals surface area contributed by atoms with E-state index in [1.165, 1.54) is 17.0 Å². The summed E-state index contributed by atoms with van der Waals surface area (Å²) < 4.78 is 38.4. The maximum absolute atomic E-state index is 12.8. The topological polar surface area (TPSA) is 57.6 Å². The lowest BCUT2D eigenvalue weighted by Gasteiger charge is -2.21. The Bertz CT molecular complexity index is 776. The van der Waals surface area contributed by atoms with Crippen LogP contribution in [0.1, 0.15) is 23.1 Å². The van der Waals surface area contributed by atoms with Gasteiger partial charge in [-0.25, -0.2) is 0 Å². The molecule has 1 amide bonds. The van der Waals surface area contributed by atoms with Gasteiger partial charge in [-0.1, -0.05) is 48.5 Å². The number of carbonyl (C=O) groups is 2. The summed E-state index contributed by atoms with van der Waals surface area (Å²) >= 11 is 0. The van der Waals surface area contributed by atoms with Crippen LogP contribution in [0.4, 0.5) is 13.2 Å². The first-order chi connectivity index (χ1) is 12.8. The first kappa shape index (κ1) is 20.5. The first-order valence-corrected chi connectivity index (χ1v) is 8.45. The molecule has 0 fully saturated rings. The van der Waals surface area contributed by atoms with Crippen molar-refractivity contribution in [1.29, 1.82) is 0 Å². The summed E-state index contributed by atoms with van der Waals surface area (Å²) in [6.07, 6.45) is -3.68. The molecule has 0 saturated heterocycles. The summed E-state index contributed by atoms with van der Waals surface area (Å²) in [7, 11) is 0. The van der Waals surface area contributed by atoms with E-state index < -0.39 is 24.3 Å². The molecule has 2 aromatic rings. The summed E-state index contributed by atoms with van der Waals surface area (Å²) in [5, 5.41) is 9.02. The van der Waals surface area contributed by atoms with Crippen LogP contribution in [-0.2, 0) is 28.6 Å². The highest BCUT2D eigenvalue weighted by Crippen LogP contribution is 2.29. The number of halogens is 3. The molecule has 4 nitrogen and oxygen atoms in total. The van der Waals surface area contributed by atoms with Gasteiger partial charge in [-0.2, -0.15) is 13.2 Å². The molecule has 2 rings (SSSR count). The van der Waals surface area contributed by atoms with E-state index in [0.717, 1.165) is 17.7 Å². The molecule has 27 heavy (non-hydrogen) atoms. The van der Waals surface area contributed by atoms with Gasteiger partial charge < -0.3 is 10.0 Å². The number of alkyl halides is 3. The van der Waals surface area contributed by atoms with Gasteiger partial charge >= 0.3 is 12.1 Å². The molecule has 0 saturated carbocycles. The number of carboxylic acids is 1. The Morgan fingerprint density at radius 3 is 2.22 bits per heavy atom.